The molecule has 0 aromatic carbocycles. The standard InChI is InChI=1S/C2HF3O2.2Na/c3-2(4,5)1(6)7;;/h(H,6,7);;. The molecule has 0 aromatic heterocycles. The van der Waals surface area contributed by atoms with Gasteiger partial charge < -0.3 is 5.11 Å². The van der Waals surface area contributed by atoms with Crippen LogP contribution in [0.2, 0.25) is 0 Å². The molecule has 1 N–H and O–H groups in total. The molecule has 0 saturated heterocycles. The predicted octanol–water partition coefficient (Wildman–Crippen LogP) is -0.128. The summed E-state index contributed by atoms with van der Waals surface area (Å²) in [7, 11) is 0. The average molecular weight is 160 g/mol. The summed E-state index contributed by atoms with van der Waals surface area (Å²) in [5.74, 6) is -2.76. The van der Waals surface area contributed by atoms with Crippen molar-refractivity contribution in [1.29, 1.82) is 0 Å². The predicted molar refractivity (Wildman–Crippen MR) is 25.2 cm³/mol. The van der Waals surface area contributed by atoms with Gasteiger partial charge in [-0.1, -0.05) is 0 Å². The van der Waals surface area contributed by atoms with Crippen molar-refractivity contribution >= 4 is 65.1 Å². The Balaban J connectivity index is -0.000000180. The summed E-state index contributed by atoms with van der Waals surface area (Å²) in [6.07, 6.45) is -5.08. The molecule has 2 nitrogen and oxygen atoms in total. The third-order valence-electron chi connectivity index (χ3n) is 0.243. The van der Waals surface area contributed by atoms with Crippen LogP contribution in [0.5, 0.6) is 0 Å². The van der Waals surface area contributed by atoms with E-state index in [1.165, 1.54) is 0 Å². The summed E-state index contributed by atoms with van der Waals surface area (Å²) in [6, 6.07) is 0. The minimum Gasteiger partial charge on any atom is -0.475 e. The van der Waals surface area contributed by atoms with Gasteiger partial charge in [-0.2, -0.15) is 13.2 Å². The number of aliphatic carboxylic acids is 1. The fourth-order valence-corrected chi connectivity index (χ4v) is 0. The summed E-state index contributed by atoms with van der Waals surface area (Å²) < 4.78 is 31.7. The maximum Gasteiger partial charge on any atom is 0.490 e. The van der Waals surface area contributed by atoms with E-state index >= 15 is 0 Å². The molecule has 0 atom stereocenters. The molecule has 0 rings (SSSR count). The second-order valence-corrected chi connectivity index (χ2v) is 0.803. The van der Waals surface area contributed by atoms with E-state index in [1.807, 2.05) is 0 Å². The number of carboxylic acids is 1. The molecule has 0 heterocycles. The Morgan fingerprint density at radius 2 is 1.33 bits per heavy atom. The Hall–Kier alpha value is 1.26. The Morgan fingerprint density at radius 3 is 1.33 bits per heavy atom. The molecule has 0 aliphatic heterocycles. The van der Waals surface area contributed by atoms with Crippen LogP contribution in [0.15, 0.2) is 0 Å². The normalized spacial score (nSPS) is 8.78. The first-order chi connectivity index (χ1) is 2.94. The smallest absolute Gasteiger partial charge is 0.475 e. The summed E-state index contributed by atoms with van der Waals surface area (Å²) >= 11 is 0. The molecule has 44 valence electrons. The van der Waals surface area contributed by atoms with E-state index in [0.717, 1.165) is 0 Å². The Kier molecular flexibility index (Phi) is 11.1. The molecule has 0 unspecified atom stereocenters. The second-order valence-electron chi connectivity index (χ2n) is 0.803. The molecule has 0 aliphatic carbocycles. The zero-order chi connectivity index (χ0) is 6.08. The van der Waals surface area contributed by atoms with E-state index in [1.54, 1.807) is 0 Å². The number of alkyl halides is 3. The van der Waals surface area contributed by atoms with Gasteiger partial charge in [0, 0.05) is 59.1 Å². The van der Waals surface area contributed by atoms with Crippen LogP contribution in [0, 0.1) is 0 Å². The Bertz CT molecular complexity index is 90.3. The number of rotatable bonds is 0. The van der Waals surface area contributed by atoms with Crippen molar-refractivity contribution in [3.8, 4) is 0 Å². The third kappa shape index (κ3) is 9.26. The molecule has 7 heteroatoms. The summed E-state index contributed by atoms with van der Waals surface area (Å²) in [5, 5.41) is 7.12. The van der Waals surface area contributed by atoms with Crippen LogP contribution >= 0.6 is 0 Å². The van der Waals surface area contributed by atoms with Gasteiger partial charge in [-0.3, -0.25) is 0 Å². The summed E-state index contributed by atoms with van der Waals surface area (Å²) in [6.45, 7) is 0. The minimum atomic E-state index is -5.08. The quantitative estimate of drug-likeness (QED) is 0.501. The molecular formula is C2HF3Na2O2. The second kappa shape index (κ2) is 6.00. The van der Waals surface area contributed by atoms with Crippen molar-refractivity contribution < 1.29 is 23.1 Å². The van der Waals surface area contributed by atoms with E-state index in [4.69, 9.17) is 9.90 Å². The number of halogens is 3. The fourth-order valence-electron chi connectivity index (χ4n) is 0. The zero-order valence-electron chi connectivity index (χ0n) is 4.99. The number of carbonyl (C=O) groups is 1. The van der Waals surface area contributed by atoms with E-state index in [9.17, 15) is 13.2 Å². The molecule has 0 spiro atoms. The van der Waals surface area contributed by atoms with Crippen LogP contribution in [-0.4, -0.2) is 76.4 Å². The van der Waals surface area contributed by atoms with E-state index in [0.29, 0.717) is 0 Å². The molecular weight excluding hydrogens is 159 g/mol. The van der Waals surface area contributed by atoms with Crippen molar-refractivity contribution in [2.24, 2.45) is 0 Å². The maximum absolute atomic E-state index is 10.6. The van der Waals surface area contributed by atoms with Crippen LogP contribution in [0.3, 0.4) is 0 Å². The largest absolute Gasteiger partial charge is 0.490 e. The van der Waals surface area contributed by atoms with E-state index in [-0.39, 0.29) is 59.1 Å². The van der Waals surface area contributed by atoms with Crippen molar-refractivity contribution in [2.75, 3.05) is 0 Å². The van der Waals surface area contributed by atoms with E-state index in [2.05, 4.69) is 0 Å². The van der Waals surface area contributed by atoms with Crippen LogP contribution in [-0.2, 0) is 4.79 Å². The zero-order valence-corrected chi connectivity index (χ0v) is 8.99. The molecule has 0 fully saturated rings. The van der Waals surface area contributed by atoms with Gasteiger partial charge >= 0.3 is 12.1 Å². The van der Waals surface area contributed by atoms with Gasteiger partial charge in [0.25, 0.3) is 0 Å². The third-order valence-corrected chi connectivity index (χ3v) is 0.243. The van der Waals surface area contributed by atoms with Gasteiger partial charge in [-0.15, -0.1) is 0 Å². The van der Waals surface area contributed by atoms with Gasteiger partial charge in [0.2, 0.25) is 0 Å². The Labute approximate surface area is 93.4 Å². The van der Waals surface area contributed by atoms with Crippen LogP contribution < -0.4 is 0 Å². The molecule has 0 amide bonds. The average Bonchev–Trinajstić information content (AvgIpc) is 1.31. The van der Waals surface area contributed by atoms with Gasteiger partial charge in [-0.25, -0.2) is 4.79 Å². The summed E-state index contributed by atoms with van der Waals surface area (Å²) in [4.78, 5) is 8.90. The van der Waals surface area contributed by atoms with Crippen molar-refractivity contribution in [3.05, 3.63) is 0 Å². The first-order valence-corrected chi connectivity index (χ1v) is 1.24. The molecule has 9 heavy (non-hydrogen) atoms. The fraction of sp³-hybridized carbons (Fsp3) is 0.500. The van der Waals surface area contributed by atoms with Crippen molar-refractivity contribution in [2.45, 2.75) is 6.18 Å². The monoisotopic (exact) mass is 160 g/mol. The molecule has 0 bridgehead atoms. The number of carboxylic acid groups (broad SMARTS) is 1. The van der Waals surface area contributed by atoms with Crippen LogP contribution in [0.1, 0.15) is 0 Å². The molecule has 2 radical (unpaired) electrons. The van der Waals surface area contributed by atoms with Gasteiger partial charge in [0.1, 0.15) is 0 Å². The van der Waals surface area contributed by atoms with Crippen LogP contribution in [0.25, 0.3) is 0 Å². The first kappa shape index (κ1) is 16.7. The van der Waals surface area contributed by atoms with Crippen molar-refractivity contribution in [1.82, 2.24) is 0 Å². The summed E-state index contributed by atoms with van der Waals surface area (Å²) in [5.41, 5.74) is 0. The molecule has 0 saturated carbocycles. The van der Waals surface area contributed by atoms with Gasteiger partial charge in [-0.05, 0) is 0 Å². The van der Waals surface area contributed by atoms with Gasteiger partial charge in [0.05, 0.1) is 0 Å². The molecule has 0 aromatic rings. The van der Waals surface area contributed by atoms with Crippen molar-refractivity contribution in [3.63, 3.8) is 0 Å². The SMILES string of the molecule is O=C(O)C(F)(F)F.[Na].[Na]. The Morgan fingerprint density at radius 1 is 1.22 bits per heavy atom. The maximum atomic E-state index is 10.6. The van der Waals surface area contributed by atoms with Gasteiger partial charge in [0.15, 0.2) is 0 Å². The van der Waals surface area contributed by atoms with E-state index < -0.39 is 12.1 Å². The molecule has 0 aliphatic rings. The minimum absolute atomic E-state index is 0. The number of hydrogen-bond donors (Lipinski definition) is 1. The van der Waals surface area contributed by atoms with Crippen LogP contribution in [0.4, 0.5) is 13.2 Å². The number of hydrogen-bond acceptors (Lipinski definition) is 1. The topological polar surface area (TPSA) is 37.3 Å². The first-order valence-electron chi connectivity index (χ1n) is 1.24.